The minimum Gasteiger partial charge on any atom is -0.398 e. The summed E-state index contributed by atoms with van der Waals surface area (Å²) in [5.41, 5.74) is 7.11. The number of nitrogens with zero attached hydrogens (tertiary/aromatic N) is 1. The predicted molar refractivity (Wildman–Crippen MR) is 64.9 cm³/mol. The number of rotatable bonds is 2. The van der Waals surface area contributed by atoms with E-state index >= 15 is 0 Å². The van der Waals surface area contributed by atoms with Gasteiger partial charge in [0.15, 0.2) is 0 Å². The van der Waals surface area contributed by atoms with E-state index in [1.165, 1.54) is 4.90 Å². The minimum atomic E-state index is -0.330. The number of imide groups is 1. The summed E-state index contributed by atoms with van der Waals surface area (Å²) < 4.78 is 5.69. The SMILES string of the molecule is Nc1cc(Br)ccc1CN1C(=O)COCC1=O. The molecule has 1 heterocycles. The molecule has 0 aromatic heterocycles. The van der Waals surface area contributed by atoms with Crippen molar-refractivity contribution in [3.8, 4) is 0 Å². The van der Waals surface area contributed by atoms with Gasteiger partial charge in [0.05, 0.1) is 6.54 Å². The highest BCUT2D eigenvalue weighted by molar-refractivity contribution is 9.10. The normalized spacial score (nSPS) is 16.4. The number of carbonyl (C=O) groups excluding carboxylic acids is 2. The quantitative estimate of drug-likeness (QED) is 0.651. The molecule has 0 unspecified atom stereocenters. The van der Waals surface area contributed by atoms with Gasteiger partial charge >= 0.3 is 0 Å². The molecule has 0 bridgehead atoms. The van der Waals surface area contributed by atoms with Crippen LogP contribution in [0.3, 0.4) is 0 Å². The average molecular weight is 299 g/mol. The number of hydrogen-bond donors (Lipinski definition) is 1. The van der Waals surface area contributed by atoms with Crippen LogP contribution in [0.2, 0.25) is 0 Å². The Morgan fingerprint density at radius 2 is 1.94 bits per heavy atom. The maximum absolute atomic E-state index is 11.5. The number of benzene rings is 1. The van der Waals surface area contributed by atoms with Crippen LogP contribution in [0, 0.1) is 0 Å². The number of morpholine rings is 1. The molecule has 2 N–H and O–H groups in total. The summed E-state index contributed by atoms with van der Waals surface area (Å²) in [5.74, 6) is -0.660. The molecule has 5 nitrogen and oxygen atoms in total. The Bertz CT molecular complexity index is 460. The summed E-state index contributed by atoms with van der Waals surface area (Å²) in [6.45, 7) is 0.0878. The van der Waals surface area contributed by atoms with Crippen molar-refractivity contribution in [3.63, 3.8) is 0 Å². The number of nitrogen functional groups attached to an aromatic ring is 1. The maximum atomic E-state index is 11.5. The van der Waals surface area contributed by atoms with Gasteiger partial charge in [0.2, 0.25) is 0 Å². The number of hydrogen-bond acceptors (Lipinski definition) is 4. The molecule has 6 heteroatoms. The van der Waals surface area contributed by atoms with Crippen LogP contribution >= 0.6 is 15.9 Å². The third-order valence-electron chi connectivity index (χ3n) is 2.49. The Balaban J connectivity index is 2.19. The van der Waals surface area contributed by atoms with Crippen molar-refractivity contribution in [2.75, 3.05) is 18.9 Å². The van der Waals surface area contributed by atoms with Crippen LogP contribution in [0.15, 0.2) is 22.7 Å². The fourth-order valence-corrected chi connectivity index (χ4v) is 1.96. The summed E-state index contributed by atoms with van der Waals surface area (Å²) in [4.78, 5) is 24.2. The van der Waals surface area contributed by atoms with Crippen molar-refractivity contribution < 1.29 is 14.3 Å². The second kappa shape index (κ2) is 4.85. The fraction of sp³-hybridized carbons (Fsp3) is 0.273. The van der Waals surface area contributed by atoms with Crippen molar-refractivity contribution in [2.24, 2.45) is 0 Å². The molecule has 0 saturated carbocycles. The van der Waals surface area contributed by atoms with Crippen LogP contribution in [0.1, 0.15) is 5.56 Å². The summed E-state index contributed by atoms with van der Waals surface area (Å²) in [5, 5.41) is 0. The van der Waals surface area contributed by atoms with E-state index in [1.807, 2.05) is 6.07 Å². The molecule has 2 rings (SSSR count). The van der Waals surface area contributed by atoms with Crippen molar-refractivity contribution in [3.05, 3.63) is 28.2 Å². The molecule has 0 aliphatic carbocycles. The molecular weight excluding hydrogens is 288 g/mol. The zero-order valence-corrected chi connectivity index (χ0v) is 10.6. The number of anilines is 1. The van der Waals surface area contributed by atoms with Gasteiger partial charge in [0, 0.05) is 10.2 Å². The zero-order chi connectivity index (χ0) is 12.4. The number of halogens is 1. The number of amides is 2. The average Bonchev–Trinajstić information content (AvgIpc) is 2.26. The second-order valence-corrected chi connectivity index (χ2v) is 4.63. The highest BCUT2D eigenvalue weighted by atomic mass is 79.9. The van der Waals surface area contributed by atoms with Gasteiger partial charge < -0.3 is 10.5 Å². The van der Waals surface area contributed by atoms with Gasteiger partial charge in [-0.25, -0.2) is 0 Å². The molecule has 0 spiro atoms. The lowest BCUT2D eigenvalue weighted by molar-refractivity contribution is -0.159. The molecule has 1 aromatic carbocycles. The highest BCUT2D eigenvalue weighted by Gasteiger charge is 2.26. The largest absolute Gasteiger partial charge is 0.398 e. The summed E-state index contributed by atoms with van der Waals surface area (Å²) in [7, 11) is 0. The Kier molecular flexibility index (Phi) is 3.44. The maximum Gasteiger partial charge on any atom is 0.255 e. The Hall–Kier alpha value is -1.40. The molecule has 17 heavy (non-hydrogen) atoms. The molecular formula is C11H11BrN2O3. The standard InChI is InChI=1S/C11H11BrN2O3/c12-8-2-1-7(9(13)3-8)4-14-10(15)5-17-6-11(14)16/h1-3H,4-6,13H2. The van der Waals surface area contributed by atoms with Gasteiger partial charge in [0.1, 0.15) is 13.2 Å². The van der Waals surface area contributed by atoms with Crippen molar-refractivity contribution in [2.45, 2.75) is 6.54 Å². The van der Waals surface area contributed by atoms with Crippen LogP contribution in [0.25, 0.3) is 0 Å². The Morgan fingerprint density at radius 1 is 1.29 bits per heavy atom. The summed E-state index contributed by atoms with van der Waals surface area (Å²) in [6.07, 6.45) is 0. The number of carbonyl (C=O) groups is 2. The minimum absolute atomic E-state index is 0.0534. The lowest BCUT2D eigenvalue weighted by atomic mass is 10.1. The van der Waals surface area contributed by atoms with Gasteiger partial charge in [0.25, 0.3) is 11.8 Å². The lowest BCUT2D eigenvalue weighted by Gasteiger charge is -2.25. The first-order valence-electron chi connectivity index (χ1n) is 5.03. The van der Waals surface area contributed by atoms with Gasteiger partial charge in [-0.05, 0) is 17.7 Å². The van der Waals surface area contributed by atoms with Gasteiger partial charge in [-0.15, -0.1) is 0 Å². The number of nitrogens with two attached hydrogens (primary N) is 1. The van der Waals surface area contributed by atoms with E-state index in [2.05, 4.69) is 15.9 Å². The molecule has 1 saturated heterocycles. The van der Waals surface area contributed by atoms with Crippen LogP contribution in [-0.2, 0) is 20.9 Å². The number of ether oxygens (including phenoxy) is 1. The van der Waals surface area contributed by atoms with Crippen LogP contribution in [0.4, 0.5) is 5.69 Å². The van der Waals surface area contributed by atoms with Crippen molar-refractivity contribution in [1.82, 2.24) is 4.90 Å². The summed E-state index contributed by atoms with van der Waals surface area (Å²) in [6, 6.07) is 5.35. The molecule has 0 radical (unpaired) electrons. The monoisotopic (exact) mass is 298 g/mol. The van der Waals surface area contributed by atoms with E-state index in [4.69, 9.17) is 10.5 Å². The second-order valence-electron chi connectivity index (χ2n) is 3.71. The van der Waals surface area contributed by atoms with Gasteiger partial charge in [-0.2, -0.15) is 0 Å². The van der Waals surface area contributed by atoms with E-state index in [9.17, 15) is 9.59 Å². The van der Waals surface area contributed by atoms with Gasteiger partial charge in [-0.1, -0.05) is 22.0 Å². The highest BCUT2D eigenvalue weighted by Crippen LogP contribution is 2.20. The van der Waals surface area contributed by atoms with E-state index in [1.54, 1.807) is 12.1 Å². The Labute approximate surface area is 107 Å². The van der Waals surface area contributed by atoms with Gasteiger partial charge in [-0.3, -0.25) is 14.5 Å². The third kappa shape index (κ3) is 2.65. The van der Waals surface area contributed by atoms with Crippen LogP contribution in [-0.4, -0.2) is 29.9 Å². The topological polar surface area (TPSA) is 72.6 Å². The molecule has 1 aliphatic rings. The summed E-state index contributed by atoms with van der Waals surface area (Å²) >= 11 is 3.30. The predicted octanol–water partition coefficient (Wildman–Crippen LogP) is 0.917. The zero-order valence-electron chi connectivity index (χ0n) is 8.98. The van der Waals surface area contributed by atoms with E-state index < -0.39 is 0 Å². The molecule has 1 aromatic rings. The molecule has 1 aliphatic heterocycles. The van der Waals surface area contributed by atoms with Crippen LogP contribution < -0.4 is 5.73 Å². The fourth-order valence-electron chi connectivity index (χ4n) is 1.58. The first-order chi connectivity index (χ1) is 8.08. The lowest BCUT2D eigenvalue weighted by Crippen LogP contribution is -2.45. The van der Waals surface area contributed by atoms with E-state index in [-0.39, 0.29) is 31.6 Å². The molecule has 0 atom stereocenters. The molecule has 2 amide bonds. The third-order valence-corrected chi connectivity index (χ3v) is 2.98. The Morgan fingerprint density at radius 3 is 2.53 bits per heavy atom. The van der Waals surface area contributed by atoms with E-state index in [0.29, 0.717) is 5.69 Å². The first kappa shape index (κ1) is 12.1. The molecule has 90 valence electrons. The van der Waals surface area contributed by atoms with E-state index in [0.717, 1.165) is 10.0 Å². The smallest absolute Gasteiger partial charge is 0.255 e. The first-order valence-corrected chi connectivity index (χ1v) is 5.82. The molecule has 1 fully saturated rings. The van der Waals surface area contributed by atoms with Crippen LogP contribution in [0.5, 0.6) is 0 Å². The van der Waals surface area contributed by atoms with Crippen molar-refractivity contribution in [1.29, 1.82) is 0 Å². The van der Waals surface area contributed by atoms with Crippen molar-refractivity contribution >= 4 is 33.4 Å².